The zero-order valence-electron chi connectivity index (χ0n) is 18.5. The number of hydrogen-bond acceptors (Lipinski definition) is 3. The Bertz CT molecular complexity index is 1190. The van der Waals surface area contributed by atoms with Crippen molar-refractivity contribution in [1.82, 2.24) is 10.2 Å². The summed E-state index contributed by atoms with van der Waals surface area (Å²) in [6.07, 6.45) is -5.47. The van der Waals surface area contributed by atoms with E-state index < -0.39 is 46.1 Å². The Hall–Kier alpha value is -3.49. The van der Waals surface area contributed by atoms with E-state index in [4.69, 9.17) is 0 Å². The number of Topliss-reactive ketones (excluding diaryl/α,β-unsaturated/α-hetero) is 1. The first-order valence-electron chi connectivity index (χ1n) is 10.6. The highest BCUT2D eigenvalue weighted by molar-refractivity contribution is 6.14. The number of carbonyl (C=O) groups is 3. The van der Waals surface area contributed by atoms with Crippen molar-refractivity contribution in [2.75, 3.05) is 0 Å². The summed E-state index contributed by atoms with van der Waals surface area (Å²) in [7, 11) is 0. The molecule has 1 heterocycles. The highest BCUT2D eigenvalue weighted by Gasteiger charge is 2.71. The van der Waals surface area contributed by atoms with Crippen molar-refractivity contribution in [3.8, 4) is 0 Å². The Morgan fingerprint density at radius 1 is 1.00 bits per heavy atom. The van der Waals surface area contributed by atoms with Gasteiger partial charge in [-0.2, -0.15) is 13.2 Å². The van der Waals surface area contributed by atoms with E-state index in [1.807, 2.05) is 5.32 Å². The molecule has 0 bridgehead atoms. The predicted octanol–water partition coefficient (Wildman–Crippen LogP) is 4.54. The van der Waals surface area contributed by atoms with Gasteiger partial charge in [-0.05, 0) is 41.7 Å². The van der Waals surface area contributed by atoms with E-state index in [-0.39, 0.29) is 30.6 Å². The van der Waals surface area contributed by atoms with E-state index in [9.17, 15) is 31.9 Å². The molecule has 0 unspecified atom stereocenters. The number of benzene rings is 2. The van der Waals surface area contributed by atoms with Crippen molar-refractivity contribution < 1.29 is 31.9 Å². The van der Waals surface area contributed by atoms with Gasteiger partial charge in [0.15, 0.2) is 5.78 Å². The lowest BCUT2D eigenvalue weighted by Gasteiger charge is -2.35. The number of nitrogens with one attached hydrogen (secondary N) is 1. The van der Waals surface area contributed by atoms with E-state index >= 15 is 0 Å². The predicted molar refractivity (Wildman–Crippen MR) is 115 cm³/mol. The van der Waals surface area contributed by atoms with Gasteiger partial charge in [-0.25, -0.2) is 4.39 Å². The molecule has 0 radical (unpaired) electrons. The number of alkyl halides is 3. The normalized spacial score (nSPS) is 22.1. The van der Waals surface area contributed by atoms with Crippen molar-refractivity contribution in [2.45, 2.75) is 44.9 Å². The van der Waals surface area contributed by atoms with Gasteiger partial charge in [0.25, 0.3) is 11.8 Å². The Labute approximate surface area is 193 Å². The highest BCUT2D eigenvalue weighted by atomic mass is 19.4. The highest BCUT2D eigenvalue weighted by Crippen LogP contribution is 2.52. The number of allylic oxidation sites excluding steroid dienone is 1. The molecular weight excluding hydrogens is 452 g/mol. The van der Waals surface area contributed by atoms with E-state index in [1.165, 1.54) is 36.4 Å². The minimum atomic E-state index is -5.29. The van der Waals surface area contributed by atoms with Crippen LogP contribution in [0.1, 0.15) is 42.6 Å². The quantitative estimate of drug-likeness (QED) is 0.662. The Morgan fingerprint density at radius 3 is 2.21 bits per heavy atom. The van der Waals surface area contributed by atoms with Gasteiger partial charge >= 0.3 is 6.18 Å². The number of carbonyl (C=O) groups excluding carboxylic acids is 3. The second kappa shape index (κ2) is 8.07. The largest absolute Gasteiger partial charge is 0.425 e. The van der Waals surface area contributed by atoms with E-state index in [2.05, 4.69) is 0 Å². The number of nitrogens with zero attached hydrogens (tertiary/aromatic N) is 1. The minimum Gasteiger partial charge on any atom is -0.326 e. The molecule has 34 heavy (non-hydrogen) atoms. The van der Waals surface area contributed by atoms with Gasteiger partial charge in [-0.3, -0.25) is 14.4 Å². The molecule has 4 rings (SSSR count). The number of hydrogen-bond donors (Lipinski definition) is 1. The van der Waals surface area contributed by atoms with Crippen LogP contribution < -0.4 is 5.32 Å². The summed E-state index contributed by atoms with van der Waals surface area (Å²) >= 11 is 0. The van der Waals surface area contributed by atoms with E-state index in [1.54, 1.807) is 19.9 Å². The van der Waals surface area contributed by atoms with Gasteiger partial charge in [-0.1, -0.05) is 44.2 Å². The molecule has 1 N–H and O–H groups in total. The van der Waals surface area contributed by atoms with Crippen molar-refractivity contribution in [3.05, 3.63) is 82.8 Å². The Balaban J connectivity index is 1.87. The first-order valence-corrected chi connectivity index (χ1v) is 10.6. The van der Waals surface area contributed by atoms with Gasteiger partial charge in [0.2, 0.25) is 5.54 Å². The molecule has 2 aliphatic rings. The molecule has 0 fully saturated rings. The molecule has 0 saturated heterocycles. The molecule has 9 heteroatoms. The topological polar surface area (TPSA) is 66.5 Å². The Morgan fingerprint density at radius 2 is 1.62 bits per heavy atom. The molecular formula is C25H22F4N2O3. The van der Waals surface area contributed by atoms with Crippen LogP contribution in [0.15, 0.2) is 65.9 Å². The standard InChI is InChI=1S/C25H22F4N2O3/c1-23(2)12-18-20(19(32)13-23)24(25(27,28)29,30-21(33)16-6-4-3-5-7-16)22(34)31(18)14-15-8-10-17(26)11-9-15/h3-11H,12-14H2,1-2H3,(H,30,33)/t24-/m0/s1. The maximum absolute atomic E-state index is 14.7. The van der Waals surface area contributed by atoms with Crippen molar-refractivity contribution in [2.24, 2.45) is 5.41 Å². The third-order valence-electron chi connectivity index (χ3n) is 6.14. The number of ketones is 1. The Kier molecular flexibility index (Phi) is 5.62. The molecule has 5 nitrogen and oxygen atoms in total. The van der Waals surface area contributed by atoms with Crippen LogP contribution in [0.4, 0.5) is 17.6 Å². The van der Waals surface area contributed by atoms with Crippen molar-refractivity contribution in [1.29, 1.82) is 0 Å². The molecule has 2 aromatic carbocycles. The summed E-state index contributed by atoms with van der Waals surface area (Å²) in [5, 5.41) is 1.89. The smallest absolute Gasteiger partial charge is 0.326 e. The summed E-state index contributed by atoms with van der Waals surface area (Å²) < 4.78 is 57.6. The molecule has 178 valence electrons. The molecule has 1 aliphatic carbocycles. The number of amides is 2. The third-order valence-corrected chi connectivity index (χ3v) is 6.14. The number of rotatable bonds is 4. The maximum atomic E-state index is 14.7. The summed E-state index contributed by atoms with van der Waals surface area (Å²) in [5.74, 6) is -3.96. The molecule has 0 aromatic heterocycles. The van der Waals surface area contributed by atoms with Crippen LogP contribution in [0.2, 0.25) is 0 Å². The van der Waals surface area contributed by atoms with Gasteiger partial charge < -0.3 is 10.2 Å². The summed E-state index contributed by atoms with van der Waals surface area (Å²) in [6.45, 7) is 3.15. The van der Waals surface area contributed by atoms with Crippen molar-refractivity contribution >= 4 is 17.6 Å². The van der Waals surface area contributed by atoms with Gasteiger partial charge in [0.05, 0.1) is 12.1 Å². The van der Waals surface area contributed by atoms with Gasteiger partial charge in [-0.15, -0.1) is 0 Å². The fourth-order valence-electron chi connectivity index (χ4n) is 4.60. The first-order chi connectivity index (χ1) is 15.9. The lowest BCUT2D eigenvalue weighted by atomic mass is 9.72. The second-order valence-corrected chi connectivity index (χ2v) is 9.35. The van der Waals surface area contributed by atoms with Gasteiger partial charge in [0, 0.05) is 17.7 Å². The molecule has 1 atom stereocenters. The lowest BCUT2D eigenvalue weighted by Crippen LogP contribution is -2.66. The first kappa shape index (κ1) is 23.7. The minimum absolute atomic E-state index is 0.0278. The van der Waals surface area contributed by atoms with Crippen LogP contribution in [0.3, 0.4) is 0 Å². The van der Waals surface area contributed by atoms with E-state index in [0.29, 0.717) is 5.56 Å². The van der Waals surface area contributed by atoms with Crippen LogP contribution in [0.5, 0.6) is 0 Å². The molecule has 2 amide bonds. The monoisotopic (exact) mass is 474 g/mol. The maximum Gasteiger partial charge on any atom is 0.425 e. The summed E-state index contributed by atoms with van der Waals surface area (Å²) in [6, 6.07) is 12.2. The van der Waals surface area contributed by atoms with Crippen LogP contribution in [0, 0.1) is 11.2 Å². The van der Waals surface area contributed by atoms with Crippen LogP contribution in [-0.4, -0.2) is 34.2 Å². The van der Waals surface area contributed by atoms with Crippen LogP contribution >= 0.6 is 0 Å². The zero-order chi connectivity index (χ0) is 24.9. The second-order valence-electron chi connectivity index (χ2n) is 9.35. The van der Waals surface area contributed by atoms with Crippen LogP contribution in [-0.2, 0) is 16.1 Å². The molecule has 1 aliphatic heterocycles. The molecule has 0 saturated carbocycles. The third kappa shape index (κ3) is 3.89. The zero-order valence-corrected chi connectivity index (χ0v) is 18.5. The van der Waals surface area contributed by atoms with E-state index in [0.717, 1.165) is 17.0 Å². The fraction of sp³-hybridized carbons (Fsp3) is 0.320. The lowest BCUT2D eigenvalue weighted by molar-refractivity contribution is -0.190. The average molecular weight is 474 g/mol. The fourth-order valence-corrected chi connectivity index (χ4v) is 4.60. The summed E-state index contributed by atoms with van der Waals surface area (Å²) in [5.41, 5.74) is -4.71. The molecule has 2 aromatic rings. The SMILES string of the molecule is CC1(C)CC(=O)C2=C(C1)N(Cc1ccc(F)cc1)C(=O)[C@]2(NC(=O)c1ccccc1)C(F)(F)F. The van der Waals surface area contributed by atoms with Crippen molar-refractivity contribution in [3.63, 3.8) is 0 Å². The summed E-state index contributed by atoms with van der Waals surface area (Å²) in [4.78, 5) is 40.4. The van der Waals surface area contributed by atoms with Gasteiger partial charge in [0.1, 0.15) is 5.82 Å². The average Bonchev–Trinajstić information content (AvgIpc) is 2.98. The molecule has 0 spiro atoms. The van der Waals surface area contributed by atoms with Crippen LogP contribution in [0.25, 0.3) is 0 Å². The number of halogens is 4.